The molecule has 1 fully saturated rings. The third kappa shape index (κ3) is 7.56. The highest BCUT2D eigenvalue weighted by molar-refractivity contribution is 6.34. The van der Waals surface area contributed by atoms with Gasteiger partial charge < -0.3 is 25.8 Å². The number of ether oxygens (including phenoxy) is 1. The van der Waals surface area contributed by atoms with E-state index in [4.69, 9.17) is 31.5 Å². The van der Waals surface area contributed by atoms with Crippen LogP contribution < -0.4 is 20.7 Å². The Morgan fingerprint density at radius 1 is 1.25 bits per heavy atom. The maximum atomic E-state index is 15.0. The molecule has 5 rings (SSSR count). The molecule has 0 bridgehead atoms. The highest BCUT2D eigenvalue weighted by Gasteiger charge is 2.21. The van der Waals surface area contributed by atoms with Crippen LogP contribution in [0.1, 0.15) is 17.3 Å². The number of rotatable bonds is 9. The van der Waals surface area contributed by atoms with Crippen LogP contribution in [0.4, 0.5) is 20.3 Å². The number of nitriles is 1. The van der Waals surface area contributed by atoms with Gasteiger partial charge in [0, 0.05) is 62.9 Å². The molecule has 0 saturated carbocycles. The SMILES string of the molecule is CC(C#N)Oc1ccc(-c2cnc3c(Nc4ccc(C(=O)NCCN5CCNCC5)c(Cl)c4)nccn23)c(F)c1F.O=CO. The first-order valence-corrected chi connectivity index (χ1v) is 13.9. The fourth-order valence-corrected chi connectivity index (χ4v) is 4.78. The van der Waals surface area contributed by atoms with Crippen LogP contribution in [0.5, 0.6) is 5.75 Å². The molecule has 2 aromatic carbocycles. The number of nitrogens with zero attached hydrogens (tertiary/aromatic N) is 5. The number of carbonyl (C=O) groups is 2. The van der Waals surface area contributed by atoms with E-state index >= 15 is 4.39 Å². The Morgan fingerprint density at radius 3 is 2.70 bits per heavy atom. The van der Waals surface area contributed by atoms with Crippen LogP contribution in [0, 0.1) is 23.0 Å². The predicted octanol–water partition coefficient (Wildman–Crippen LogP) is 3.70. The van der Waals surface area contributed by atoms with Crippen molar-refractivity contribution in [2.45, 2.75) is 13.0 Å². The fourth-order valence-electron chi connectivity index (χ4n) is 4.52. The maximum absolute atomic E-state index is 15.0. The van der Waals surface area contributed by atoms with Gasteiger partial charge in [-0.25, -0.2) is 14.4 Å². The molecule has 1 aliphatic heterocycles. The van der Waals surface area contributed by atoms with E-state index in [0.717, 1.165) is 32.7 Å². The summed E-state index contributed by atoms with van der Waals surface area (Å²) in [7, 11) is 0. The number of hydrogen-bond donors (Lipinski definition) is 4. The summed E-state index contributed by atoms with van der Waals surface area (Å²) in [6.07, 6.45) is 3.52. The summed E-state index contributed by atoms with van der Waals surface area (Å²) in [4.78, 5) is 32.0. The highest BCUT2D eigenvalue weighted by atomic mass is 35.5. The number of amides is 1. The van der Waals surface area contributed by atoms with Gasteiger partial charge in [-0.3, -0.25) is 18.9 Å². The van der Waals surface area contributed by atoms with E-state index in [1.54, 1.807) is 28.8 Å². The molecule has 44 heavy (non-hydrogen) atoms. The first-order valence-electron chi connectivity index (χ1n) is 13.5. The number of nitrogens with one attached hydrogen (secondary N) is 3. The highest BCUT2D eigenvalue weighted by Crippen LogP contribution is 2.32. The van der Waals surface area contributed by atoms with E-state index < -0.39 is 17.7 Å². The molecule has 3 heterocycles. The molecule has 1 saturated heterocycles. The van der Waals surface area contributed by atoms with E-state index in [1.165, 1.54) is 31.5 Å². The topological polar surface area (TPSA) is 157 Å². The molecule has 1 aliphatic rings. The second-order valence-corrected chi connectivity index (χ2v) is 9.92. The van der Waals surface area contributed by atoms with Crippen LogP contribution in [0.3, 0.4) is 0 Å². The van der Waals surface area contributed by atoms with Crippen molar-refractivity contribution >= 4 is 41.1 Å². The van der Waals surface area contributed by atoms with E-state index in [9.17, 15) is 9.18 Å². The minimum absolute atomic E-state index is 0.0422. The van der Waals surface area contributed by atoms with E-state index in [2.05, 4.69) is 30.8 Å². The van der Waals surface area contributed by atoms with Gasteiger partial charge in [0.2, 0.25) is 5.82 Å². The van der Waals surface area contributed by atoms with Crippen molar-refractivity contribution in [3.63, 3.8) is 0 Å². The quantitative estimate of drug-likeness (QED) is 0.202. The van der Waals surface area contributed by atoms with Crippen molar-refractivity contribution in [3.8, 4) is 23.1 Å². The molecule has 1 unspecified atom stereocenters. The molecule has 0 radical (unpaired) electrons. The van der Waals surface area contributed by atoms with Crippen LogP contribution in [0.15, 0.2) is 48.9 Å². The number of aromatic nitrogens is 3. The number of carboxylic acid groups (broad SMARTS) is 1. The molecule has 4 aromatic rings. The molecule has 4 N–H and O–H groups in total. The number of piperazine rings is 1. The van der Waals surface area contributed by atoms with Gasteiger partial charge in [-0.1, -0.05) is 11.6 Å². The summed E-state index contributed by atoms with van der Waals surface area (Å²) in [6.45, 7) is 6.25. The number of benzene rings is 2. The van der Waals surface area contributed by atoms with Crippen LogP contribution in [0.2, 0.25) is 5.02 Å². The van der Waals surface area contributed by atoms with Crippen LogP contribution >= 0.6 is 11.6 Å². The van der Waals surface area contributed by atoms with Gasteiger partial charge in [0.15, 0.2) is 29.1 Å². The zero-order valence-corrected chi connectivity index (χ0v) is 24.3. The molecule has 2 aromatic heterocycles. The molecular formula is C29H29ClF2N8O4. The van der Waals surface area contributed by atoms with Crippen molar-refractivity contribution < 1.29 is 28.2 Å². The number of carbonyl (C=O) groups excluding carboxylic acids is 1. The zero-order chi connectivity index (χ0) is 31.6. The van der Waals surface area contributed by atoms with Gasteiger partial charge >= 0.3 is 0 Å². The Hall–Kier alpha value is -4.84. The Morgan fingerprint density at radius 2 is 2.00 bits per heavy atom. The van der Waals surface area contributed by atoms with Crippen LogP contribution in [-0.4, -0.2) is 82.1 Å². The van der Waals surface area contributed by atoms with Gasteiger partial charge in [0.1, 0.15) is 6.07 Å². The summed E-state index contributed by atoms with van der Waals surface area (Å²) in [5.41, 5.74) is 1.50. The molecule has 0 spiro atoms. The minimum atomic E-state index is -1.20. The van der Waals surface area contributed by atoms with Crippen molar-refractivity contribution in [1.82, 2.24) is 29.9 Å². The first kappa shape index (κ1) is 32.1. The lowest BCUT2D eigenvalue weighted by atomic mass is 10.1. The van der Waals surface area contributed by atoms with E-state index in [1.807, 2.05) is 6.07 Å². The first-order chi connectivity index (χ1) is 21.3. The van der Waals surface area contributed by atoms with Crippen LogP contribution in [-0.2, 0) is 4.79 Å². The summed E-state index contributed by atoms with van der Waals surface area (Å²) in [6, 6.07) is 9.37. The van der Waals surface area contributed by atoms with Gasteiger partial charge in [-0.05, 0) is 37.3 Å². The molecule has 15 heteroatoms. The number of halogens is 3. The lowest BCUT2D eigenvalue weighted by Crippen LogP contribution is -2.46. The monoisotopic (exact) mass is 626 g/mol. The van der Waals surface area contributed by atoms with Crippen LogP contribution in [0.25, 0.3) is 16.9 Å². The maximum Gasteiger partial charge on any atom is 0.290 e. The molecular weight excluding hydrogens is 598 g/mol. The summed E-state index contributed by atoms with van der Waals surface area (Å²) < 4.78 is 36.4. The number of anilines is 2. The minimum Gasteiger partial charge on any atom is -0.483 e. The Kier molecular flexibility index (Phi) is 11.0. The third-order valence-corrected chi connectivity index (χ3v) is 6.95. The molecule has 12 nitrogen and oxygen atoms in total. The summed E-state index contributed by atoms with van der Waals surface area (Å²) in [5.74, 6) is -2.61. The molecule has 230 valence electrons. The normalized spacial score (nSPS) is 13.7. The van der Waals surface area contributed by atoms with Gasteiger partial charge in [0.05, 0.1) is 22.5 Å². The zero-order valence-electron chi connectivity index (χ0n) is 23.6. The molecule has 1 amide bonds. The Bertz CT molecular complexity index is 1670. The summed E-state index contributed by atoms with van der Waals surface area (Å²) >= 11 is 6.44. The summed E-state index contributed by atoms with van der Waals surface area (Å²) in [5, 5.41) is 25.4. The van der Waals surface area contributed by atoms with Gasteiger partial charge in [-0.2, -0.15) is 9.65 Å². The lowest BCUT2D eigenvalue weighted by molar-refractivity contribution is -0.122. The average Bonchev–Trinajstić information content (AvgIpc) is 3.45. The van der Waals surface area contributed by atoms with Gasteiger partial charge in [0.25, 0.3) is 12.4 Å². The second kappa shape index (κ2) is 15.1. The standard InChI is InChI=1S/C28H27ClF2N8O2.CH2O2/c1-17(15-32)41-23-5-4-20(24(30)25(23)31)22-16-36-27-26(34-9-13-39(22)27)37-18-2-3-19(21(29)14-18)28(40)35-8-12-38-10-6-33-7-11-38;2-1-3/h2-5,9,13-14,16-17,33H,6-8,10-12H2,1H3,(H,34,37)(H,35,40);1H,(H,2,3). The average molecular weight is 627 g/mol. The van der Waals surface area contributed by atoms with E-state index in [-0.39, 0.29) is 34.4 Å². The predicted molar refractivity (Wildman–Crippen MR) is 159 cm³/mol. The van der Waals surface area contributed by atoms with E-state index in [0.29, 0.717) is 29.3 Å². The largest absolute Gasteiger partial charge is 0.483 e. The second-order valence-electron chi connectivity index (χ2n) is 9.51. The van der Waals surface area contributed by atoms with Gasteiger partial charge in [-0.15, -0.1) is 0 Å². The number of hydrogen-bond acceptors (Lipinski definition) is 9. The van der Waals surface area contributed by atoms with Crippen molar-refractivity contribution in [1.29, 1.82) is 5.26 Å². The molecule has 0 aliphatic carbocycles. The van der Waals surface area contributed by atoms with Crippen molar-refractivity contribution in [2.75, 3.05) is 44.6 Å². The Balaban J connectivity index is 0.00000141. The Labute approximate surface area is 256 Å². The smallest absolute Gasteiger partial charge is 0.290 e. The number of imidazole rings is 1. The van der Waals surface area contributed by atoms with Crippen molar-refractivity contribution in [3.05, 3.63) is 71.1 Å². The van der Waals surface area contributed by atoms with Crippen molar-refractivity contribution in [2.24, 2.45) is 0 Å². The molecule has 1 atom stereocenters. The lowest BCUT2D eigenvalue weighted by Gasteiger charge is -2.27. The number of fused-ring (bicyclic) bond motifs is 1. The third-order valence-electron chi connectivity index (χ3n) is 6.64. The fraction of sp³-hybridized carbons (Fsp3) is 0.276.